The van der Waals surface area contributed by atoms with Crippen LogP contribution in [0.1, 0.15) is 34.2 Å². The van der Waals surface area contributed by atoms with Gasteiger partial charge in [-0.1, -0.05) is 28.1 Å². The van der Waals surface area contributed by atoms with Crippen molar-refractivity contribution in [3.05, 3.63) is 28.6 Å². The Morgan fingerprint density at radius 3 is 2.75 bits per heavy atom. The summed E-state index contributed by atoms with van der Waals surface area (Å²) >= 11 is 3.33. The molecule has 1 N–H and O–H groups in total. The molecule has 0 aliphatic rings. The second-order valence-corrected chi connectivity index (χ2v) is 4.09. The van der Waals surface area contributed by atoms with E-state index in [1.165, 1.54) is 0 Å². The highest BCUT2D eigenvalue weighted by molar-refractivity contribution is 9.09. The summed E-state index contributed by atoms with van der Waals surface area (Å²) in [5.74, 6) is -0.290. The predicted molar refractivity (Wildman–Crippen MR) is 69.1 cm³/mol. The Morgan fingerprint density at radius 2 is 2.19 bits per heavy atom. The zero-order chi connectivity index (χ0) is 12.1. The van der Waals surface area contributed by atoms with E-state index < -0.39 is 0 Å². The number of aromatic nitrogens is 1. The minimum absolute atomic E-state index is 0.290. The third-order valence-corrected chi connectivity index (χ3v) is 2.72. The van der Waals surface area contributed by atoms with Gasteiger partial charge in [0.05, 0.1) is 6.61 Å². The van der Waals surface area contributed by atoms with Crippen molar-refractivity contribution in [2.75, 3.05) is 11.9 Å². The number of alkyl halides is 1. The summed E-state index contributed by atoms with van der Waals surface area (Å²) in [4.78, 5) is 14.7. The number of hydrogen-bond donors (Lipinski definition) is 1. The molecule has 88 valence electrons. The van der Waals surface area contributed by atoms with Crippen LogP contribution >= 0.6 is 15.9 Å². The first-order valence-electron chi connectivity index (χ1n) is 5.20. The largest absolute Gasteiger partial charge is 0.461 e. The minimum atomic E-state index is -0.290. The number of ether oxygens (including phenoxy) is 1. The Balaban J connectivity index is 3.06. The number of H-pyrrole nitrogens is 1. The number of nitrogens with one attached hydrogen (secondary N) is 1. The molecule has 0 bridgehead atoms. The number of carbonyl (C=O) groups excluding carboxylic acids is 1. The van der Waals surface area contributed by atoms with Gasteiger partial charge in [-0.05, 0) is 31.9 Å². The van der Waals surface area contributed by atoms with Gasteiger partial charge >= 0.3 is 5.97 Å². The van der Waals surface area contributed by atoms with E-state index in [1.807, 2.05) is 26.0 Å². The average Bonchev–Trinajstić information content (AvgIpc) is 2.53. The molecule has 0 atom stereocenters. The summed E-state index contributed by atoms with van der Waals surface area (Å²) in [7, 11) is 0. The number of halogens is 1. The van der Waals surface area contributed by atoms with Crippen molar-refractivity contribution in [1.82, 2.24) is 4.98 Å². The molecule has 0 aromatic carbocycles. The lowest BCUT2D eigenvalue weighted by Crippen LogP contribution is -2.06. The molecular formula is C12H16BrNO2. The highest BCUT2D eigenvalue weighted by atomic mass is 79.9. The van der Waals surface area contributed by atoms with E-state index in [1.54, 1.807) is 6.92 Å². The molecule has 0 spiro atoms. The summed E-state index contributed by atoms with van der Waals surface area (Å²) in [6, 6.07) is 0. The van der Waals surface area contributed by atoms with E-state index in [2.05, 4.69) is 20.9 Å². The van der Waals surface area contributed by atoms with Crippen molar-refractivity contribution < 1.29 is 9.53 Å². The number of aromatic amines is 1. The van der Waals surface area contributed by atoms with E-state index in [0.29, 0.717) is 12.3 Å². The molecule has 0 saturated heterocycles. The van der Waals surface area contributed by atoms with Crippen molar-refractivity contribution in [2.45, 2.75) is 20.8 Å². The molecular weight excluding hydrogens is 270 g/mol. The highest BCUT2D eigenvalue weighted by Gasteiger charge is 2.16. The summed E-state index contributed by atoms with van der Waals surface area (Å²) in [6.45, 7) is 6.06. The Morgan fingerprint density at radius 1 is 1.50 bits per heavy atom. The van der Waals surface area contributed by atoms with Crippen molar-refractivity contribution in [3.8, 4) is 0 Å². The molecule has 0 amide bonds. The van der Waals surface area contributed by atoms with Gasteiger partial charge in [0.15, 0.2) is 0 Å². The number of rotatable bonds is 4. The molecule has 0 saturated carbocycles. The summed E-state index contributed by atoms with van der Waals surface area (Å²) in [6.07, 6.45) is 4.00. The van der Waals surface area contributed by atoms with Gasteiger partial charge in [-0.15, -0.1) is 0 Å². The maximum Gasteiger partial charge on any atom is 0.355 e. The third kappa shape index (κ3) is 2.76. The van der Waals surface area contributed by atoms with Crippen LogP contribution in [0.15, 0.2) is 6.08 Å². The smallest absolute Gasteiger partial charge is 0.355 e. The molecule has 1 rings (SSSR count). The van der Waals surface area contributed by atoms with Gasteiger partial charge in [0.1, 0.15) is 5.69 Å². The van der Waals surface area contributed by atoms with Crippen LogP contribution in [-0.2, 0) is 4.74 Å². The first-order valence-corrected chi connectivity index (χ1v) is 6.32. The lowest BCUT2D eigenvalue weighted by molar-refractivity contribution is 0.0519. The molecule has 3 nitrogen and oxygen atoms in total. The van der Waals surface area contributed by atoms with Crippen LogP contribution in [-0.4, -0.2) is 22.9 Å². The van der Waals surface area contributed by atoms with Gasteiger partial charge in [-0.2, -0.15) is 0 Å². The number of aryl methyl sites for hydroxylation is 1. The van der Waals surface area contributed by atoms with Crippen molar-refractivity contribution in [3.63, 3.8) is 0 Å². The number of allylic oxidation sites excluding steroid dienone is 1. The Hall–Kier alpha value is -1.03. The molecule has 0 unspecified atom stereocenters. The van der Waals surface area contributed by atoms with Gasteiger partial charge in [0.25, 0.3) is 0 Å². The van der Waals surface area contributed by atoms with E-state index in [-0.39, 0.29) is 5.97 Å². The maximum absolute atomic E-state index is 11.6. The van der Waals surface area contributed by atoms with Gasteiger partial charge in [0.2, 0.25) is 0 Å². The molecule has 1 heterocycles. The lowest BCUT2D eigenvalue weighted by Gasteiger charge is -2.00. The van der Waals surface area contributed by atoms with Crippen molar-refractivity contribution in [1.29, 1.82) is 0 Å². The molecule has 16 heavy (non-hydrogen) atoms. The second-order valence-electron chi connectivity index (χ2n) is 3.44. The maximum atomic E-state index is 11.6. The first kappa shape index (κ1) is 13.0. The fourth-order valence-corrected chi connectivity index (χ4v) is 1.77. The lowest BCUT2D eigenvalue weighted by atomic mass is 10.1. The van der Waals surface area contributed by atoms with Gasteiger partial charge in [0, 0.05) is 11.0 Å². The van der Waals surface area contributed by atoms with Crippen LogP contribution in [0.4, 0.5) is 0 Å². The predicted octanol–water partition coefficient (Wildman–Crippen LogP) is 3.22. The fourth-order valence-electron chi connectivity index (χ4n) is 1.58. The Labute approximate surface area is 104 Å². The van der Waals surface area contributed by atoms with Gasteiger partial charge in [-0.3, -0.25) is 0 Å². The summed E-state index contributed by atoms with van der Waals surface area (Å²) < 4.78 is 4.98. The first-order chi connectivity index (χ1) is 7.61. The van der Waals surface area contributed by atoms with E-state index in [4.69, 9.17) is 4.74 Å². The number of hydrogen-bond acceptors (Lipinski definition) is 2. The van der Waals surface area contributed by atoms with Gasteiger partial charge in [-0.25, -0.2) is 4.79 Å². The summed E-state index contributed by atoms with van der Waals surface area (Å²) in [5.41, 5.74) is 3.53. The van der Waals surface area contributed by atoms with Gasteiger partial charge < -0.3 is 9.72 Å². The average molecular weight is 286 g/mol. The quantitative estimate of drug-likeness (QED) is 0.682. The third-order valence-electron chi connectivity index (χ3n) is 2.35. The standard InChI is InChI=1S/C12H16BrNO2/c1-4-16-12(15)11-8(2)10(6-5-7-13)9(3)14-11/h5-6,14H,4,7H2,1-3H3. The van der Waals surface area contributed by atoms with Crippen LogP contribution in [0.3, 0.4) is 0 Å². The zero-order valence-corrected chi connectivity index (χ0v) is 11.3. The second kappa shape index (κ2) is 5.89. The molecule has 1 aromatic heterocycles. The molecule has 4 heteroatoms. The van der Waals surface area contributed by atoms with Crippen LogP contribution in [0, 0.1) is 13.8 Å². The molecule has 0 fully saturated rings. The number of esters is 1. The summed E-state index contributed by atoms with van der Waals surface area (Å²) in [5, 5.41) is 0.797. The zero-order valence-electron chi connectivity index (χ0n) is 9.76. The van der Waals surface area contributed by atoms with Crippen LogP contribution < -0.4 is 0 Å². The van der Waals surface area contributed by atoms with E-state index in [9.17, 15) is 4.79 Å². The number of carbonyl (C=O) groups is 1. The molecule has 0 radical (unpaired) electrons. The fraction of sp³-hybridized carbons (Fsp3) is 0.417. The Bertz CT molecular complexity index is 407. The highest BCUT2D eigenvalue weighted by Crippen LogP contribution is 2.20. The van der Waals surface area contributed by atoms with Crippen LogP contribution in [0.25, 0.3) is 6.08 Å². The van der Waals surface area contributed by atoms with E-state index in [0.717, 1.165) is 22.2 Å². The minimum Gasteiger partial charge on any atom is -0.461 e. The SMILES string of the molecule is CCOC(=O)c1[nH]c(C)c(C=CCBr)c1C. The molecule has 1 aromatic rings. The Kier molecular flexibility index (Phi) is 4.80. The molecule has 0 aliphatic heterocycles. The van der Waals surface area contributed by atoms with Crippen LogP contribution in [0.5, 0.6) is 0 Å². The topological polar surface area (TPSA) is 42.1 Å². The monoisotopic (exact) mass is 285 g/mol. The van der Waals surface area contributed by atoms with Crippen molar-refractivity contribution in [2.24, 2.45) is 0 Å². The van der Waals surface area contributed by atoms with Crippen LogP contribution in [0.2, 0.25) is 0 Å². The van der Waals surface area contributed by atoms with E-state index >= 15 is 0 Å². The van der Waals surface area contributed by atoms with Crippen molar-refractivity contribution >= 4 is 28.0 Å². The normalized spacial score (nSPS) is 11.0. The molecule has 0 aliphatic carbocycles.